The SMILES string of the molecule is CC1(N)N=C2N([C@@H]3O[C@H](CO)[C@@H](O)[C@H]3O)C=NC2(C)C(=O)N1.OC[C@H]1O[C@@H](n2cnc3c(O)ncnc32)[C@H](O)[C@@H]1O. The Morgan fingerprint density at radius 2 is 1.59 bits per heavy atom. The molecule has 4 aliphatic heterocycles. The molecule has 19 nitrogen and oxygen atoms in total. The Bertz CT molecular complexity index is 1370. The minimum atomic E-state index is -1.31. The zero-order valence-corrected chi connectivity index (χ0v) is 21.8. The number of hydrogen-bond acceptors (Lipinski definition) is 17. The Morgan fingerprint density at radius 1 is 0.976 bits per heavy atom. The summed E-state index contributed by atoms with van der Waals surface area (Å²) in [5.41, 5.74) is 5.02. The van der Waals surface area contributed by atoms with Gasteiger partial charge in [0.25, 0.3) is 5.91 Å². The van der Waals surface area contributed by atoms with E-state index in [4.69, 9.17) is 25.4 Å². The Morgan fingerprint density at radius 3 is 2.20 bits per heavy atom. The van der Waals surface area contributed by atoms with Crippen LogP contribution in [0.3, 0.4) is 0 Å². The summed E-state index contributed by atoms with van der Waals surface area (Å²) in [4.78, 5) is 33.5. The molecule has 0 spiro atoms. The van der Waals surface area contributed by atoms with Gasteiger partial charge in [-0.1, -0.05) is 0 Å². The summed E-state index contributed by atoms with van der Waals surface area (Å²) >= 11 is 0. The van der Waals surface area contributed by atoms with Crippen LogP contribution in [0.2, 0.25) is 0 Å². The predicted octanol–water partition coefficient (Wildman–Crippen LogP) is -5.17. The average molecular weight is 582 g/mol. The summed E-state index contributed by atoms with van der Waals surface area (Å²) in [6.07, 6.45) is -4.95. The maximum atomic E-state index is 12.2. The number of aliphatic hydroxyl groups excluding tert-OH is 6. The molecule has 0 bridgehead atoms. The molecular formula is C22H31N9O10. The van der Waals surface area contributed by atoms with Crippen molar-refractivity contribution < 1.29 is 50.0 Å². The lowest BCUT2D eigenvalue weighted by Gasteiger charge is -2.37. The van der Waals surface area contributed by atoms with Crippen molar-refractivity contribution in [3.05, 3.63) is 12.7 Å². The molecule has 0 saturated carbocycles. The number of fused-ring (bicyclic) bond motifs is 2. The highest BCUT2D eigenvalue weighted by atomic mass is 16.6. The van der Waals surface area contributed by atoms with E-state index in [1.807, 2.05) is 0 Å². The molecule has 0 radical (unpaired) electrons. The number of rotatable bonds is 4. The van der Waals surface area contributed by atoms with Crippen LogP contribution in [0.5, 0.6) is 5.88 Å². The fourth-order valence-corrected chi connectivity index (χ4v) is 4.90. The first-order chi connectivity index (χ1) is 19.3. The molecule has 0 aromatic carbocycles. The molecule has 2 aromatic rings. The molecule has 2 aromatic heterocycles. The van der Waals surface area contributed by atoms with Gasteiger partial charge in [-0.3, -0.25) is 25.0 Å². The number of amidine groups is 1. The van der Waals surface area contributed by atoms with Crippen molar-refractivity contribution in [2.75, 3.05) is 13.2 Å². The molecule has 1 amide bonds. The Hall–Kier alpha value is -3.40. The first kappa shape index (κ1) is 29.1. The van der Waals surface area contributed by atoms with E-state index in [1.54, 1.807) is 6.92 Å². The summed E-state index contributed by atoms with van der Waals surface area (Å²) < 4.78 is 12.2. The standard InChI is InChI=1S/C12H19N5O5.C10H12N4O5/c1-11-9(15-12(2,13)16-10(11)21)17(4-14-11)8-7(20)6(19)5(3-18)22-8;15-1-4-6(16)7(17)10(19-4)14-3-13-5-8(14)11-2-12-9(5)18/h4-8,18-20H,3,13H2,1-2H3,(H,16,21);2-4,6-7,10,15-17H,1H2,(H,11,12,18)/t5-,6-,7-,8-,11?,12?;4-,6-,7-,10-/m11/s1. The number of aliphatic hydroxyl groups is 6. The van der Waals surface area contributed by atoms with Crippen LogP contribution in [0.15, 0.2) is 22.6 Å². The number of aromatic hydroxyl groups is 1. The number of nitrogens with two attached hydrogens (primary N) is 1. The van der Waals surface area contributed by atoms with Gasteiger partial charge in [-0.25, -0.2) is 15.0 Å². The van der Waals surface area contributed by atoms with Crippen LogP contribution in [0.25, 0.3) is 11.2 Å². The minimum absolute atomic E-state index is 0.167. The van der Waals surface area contributed by atoms with E-state index in [0.29, 0.717) is 0 Å². The normalized spacial score (nSPS) is 39.9. The minimum Gasteiger partial charge on any atom is -0.492 e. The van der Waals surface area contributed by atoms with Crippen LogP contribution < -0.4 is 11.1 Å². The van der Waals surface area contributed by atoms with Gasteiger partial charge in [-0.2, -0.15) is 4.98 Å². The van der Waals surface area contributed by atoms with E-state index < -0.39 is 79.5 Å². The molecule has 19 heteroatoms. The van der Waals surface area contributed by atoms with E-state index in [1.165, 1.54) is 29.1 Å². The summed E-state index contributed by atoms with van der Waals surface area (Å²) in [7, 11) is 0. The number of nitrogens with one attached hydrogen (secondary N) is 1. The number of aromatic nitrogens is 4. The summed E-state index contributed by atoms with van der Waals surface area (Å²) in [5, 5.41) is 69.8. The van der Waals surface area contributed by atoms with Gasteiger partial charge in [0.2, 0.25) is 5.88 Å². The first-order valence-corrected chi connectivity index (χ1v) is 12.5. The van der Waals surface area contributed by atoms with Gasteiger partial charge in [-0.15, -0.1) is 0 Å². The second-order valence-electron chi connectivity index (χ2n) is 10.2. The lowest BCUT2D eigenvalue weighted by Crippen LogP contribution is -2.66. The maximum Gasteiger partial charge on any atom is 0.258 e. The van der Waals surface area contributed by atoms with Gasteiger partial charge in [0, 0.05) is 0 Å². The van der Waals surface area contributed by atoms with E-state index in [9.17, 15) is 30.3 Å². The monoisotopic (exact) mass is 581 g/mol. The molecule has 10 N–H and O–H groups in total. The zero-order chi connectivity index (χ0) is 29.9. The van der Waals surface area contributed by atoms with Crippen molar-refractivity contribution >= 4 is 29.2 Å². The predicted molar refractivity (Wildman–Crippen MR) is 135 cm³/mol. The molecule has 6 heterocycles. The third kappa shape index (κ3) is 4.79. The summed E-state index contributed by atoms with van der Waals surface area (Å²) in [6.45, 7) is 2.22. The van der Waals surface area contributed by atoms with Gasteiger partial charge in [0.05, 0.1) is 25.9 Å². The smallest absolute Gasteiger partial charge is 0.258 e. The molecule has 0 aliphatic carbocycles. The van der Waals surface area contributed by atoms with Crippen molar-refractivity contribution in [3.63, 3.8) is 0 Å². The quantitative estimate of drug-likeness (QED) is 0.163. The molecule has 224 valence electrons. The Labute approximate surface area is 231 Å². The largest absolute Gasteiger partial charge is 0.492 e. The maximum absolute atomic E-state index is 12.2. The summed E-state index contributed by atoms with van der Waals surface area (Å²) in [6, 6.07) is 0. The molecule has 4 aliphatic rings. The van der Waals surface area contributed by atoms with Gasteiger partial charge in [0.1, 0.15) is 48.8 Å². The second kappa shape index (κ2) is 10.5. The van der Waals surface area contributed by atoms with E-state index in [-0.39, 0.29) is 22.9 Å². The highest BCUT2D eigenvalue weighted by molar-refractivity contribution is 6.19. The summed E-state index contributed by atoms with van der Waals surface area (Å²) in [5.74, 6) is -1.80. The van der Waals surface area contributed by atoms with Crippen molar-refractivity contribution in [2.45, 2.75) is 74.3 Å². The lowest BCUT2D eigenvalue weighted by atomic mass is 9.97. The third-order valence-electron chi connectivity index (χ3n) is 7.19. The number of nitrogens with zero attached hydrogens (tertiary/aromatic N) is 7. The molecule has 2 unspecified atom stereocenters. The molecule has 10 atom stereocenters. The van der Waals surface area contributed by atoms with Crippen molar-refractivity contribution in [1.29, 1.82) is 0 Å². The van der Waals surface area contributed by atoms with Crippen molar-refractivity contribution in [2.24, 2.45) is 15.7 Å². The highest BCUT2D eigenvalue weighted by Gasteiger charge is 2.55. The zero-order valence-electron chi connectivity index (χ0n) is 21.8. The first-order valence-electron chi connectivity index (χ1n) is 12.5. The van der Waals surface area contributed by atoms with Gasteiger partial charge in [0.15, 0.2) is 34.9 Å². The fraction of sp³-hybridized carbons (Fsp3) is 0.636. The molecular weight excluding hydrogens is 550 g/mol. The number of aliphatic imine (C=N–C) groups is 2. The number of amides is 1. The van der Waals surface area contributed by atoms with Gasteiger partial charge < -0.3 is 50.5 Å². The highest BCUT2D eigenvalue weighted by Crippen LogP contribution is 2.33. The van der Waals surface area contributed by atoms with Gasteiger partial charge in [-0.05, 0) is 13.8 Å². The number of ether oxygens (including phenoxy) is 2. The van der Waals surface area contributed by atoms with Crippen LogP contribution in [-0.2, 0) is 14.3 Å². The van der Waals surface area contributed by atoms with Gasteiger partial charge >= 0.3 is 0 Å². The average Bonchev–Trinajstić information content (AvgIpc) is 3.65. The lowest BCUT2D eigenvalue weighted by molar-refractivity contribution is -0.126. The van der Waals surface area contributed by atoms with Crippen LogP contribution >= 0.6 is 0 Å². The Balaban J connectivity index is 0.000000166. The Kier molecular flexibility index (Phi) is 7.42. The molecule has 2 fully saturated rings. The van der Waals surface area contributed by atoms with Crippen LogP contribution in [0.4, 0.5) is 0 Å². The molecule has 6 rings (SSSR count). The van der Waals surface area contributed by atoms with Crippen molar-refractivity contribution in [1.82, 2.24) is 29.7 Å². The van der Waals surface area contributed by atoms with E-state index in [2.05, 4.69) is 30.3 Å². The topological polar surface area (TPSA) is 287 Å². The number of imidazole rings is 1. The number of carbonyl (C=O) groups is 1. The number of carbonyl (C=O) groups excluding carboxylic acids is 1. The van der Waals surface area contributed by atoms with Crippen molar-refractivity contribution in [3.8, 4) is 5.88 Å². The third-order valence-corrected chi connectivity index (χ3v) is 7.19. The van der Waals surface area contributed by atoms with Crippen LogP contribution in [0.1, 0.15) is 20.1 Å². The molecule has 41 heavy (non-hydrogen) atoms. The van der Waals surface area contributed by atoms with Crippen LogP contribution in [0, 0.1) is 0 Å². The number of hydrogen-bond donors (Lipinski definition) is 9. The molecule has 2 saturated heterocycles. The van der Waals surface area contributed by atoms with E-state index >= 15 is 0 Å². The van der Waals surface area contributed by atoms with Crippen LogP contribution in [-0.4, -0.2) is 146 Å². The van der Waals surface area contributed by atoms with E-state index in [0.717, 1.165) is 6.33 Å². The second-order valence-corrected chi connectivity index (χ2v) is 10.2. The fourth-order valence-electron chi connectivity index (χ4n) is 4.90.